The van der Waals surface area contributed by atoms with E-state index in [-0.39, 0.29) is 6.04 Å². The number of likely N-dealkylation sites (N-methyl/N-ethyl adjacent to an activating group) is 2. The summed E-state index contributed by atoms with van der Waals surface area (Å²) in [5, 5.41) is 4.63. The van der Waals surface area contributed by atoms with Gasteiger partial charge in [-0.15, -0.1) is 0 Å². The third-order valence-electron chi connectivity index (χ3n) is 3.85. The summed E-state index contributed by atoms with van der Waals surface area (Å²) >= 11 is 6.18. The lowest BCUT2D eigenvalue weighted by Crippen LogP contribution is -2.45. The van der Waals surface area contributed by atoms with E-state index < -0.39 is 0 Å². The first-order valence-electron chi connectivity index (χ1n) is 6.83. The van der Waals surface area contributed by atoms with Crippen molar-refractivity contribution in [2.75, 3.05) is 39.5 Å². The van der Waals surface area contributed by atoms with Crippen LogP contribution in [0.2, 0.25) is 5.02 Å². The van der Waals surface area contributed by atoms with Gasteiger partial charge in [0.15, 0.2) is 5.82 Å². The van der Waals surface area contributed by atoms with Crippen LogP contribution >= 0.6 is 11.6 Å². The predicted molar refractivity (Wildman–Crippen MR) is 82.0 cm³/mol. The first-order valence-corrected chi connectivity index (χ1v) is 7.21. The van der Waals surface area contributed by atoms with Crippen LogP contribution < -0.4 is 5.73 Å². The lowest BCUT2D eigenvalue weighted by Gasteiger charge is -2.35. The number of anilines is 1. The highest BCUT2D eigenvalue weighted by Gasteiger charge is 2.28. The first-order chi connectivity index (χ1) is 10.1. The molecule has 0 saturated carbocycles. The van der Waals surface area contributed by atoms with E-state index in [0.29, 0.717) is 28.0 Å². The normalized spacial score (nSPS) is 20.8. The molecular weight excluding hydrogens is 290 g/mol. The molecule has 0 radical (unpaired) electrons. The summed E-state index contributed by atoms with van der Waals surface area (Å²) in [5.41, 5.74) is 7.10. The Kier molecular flexibility index (Phi) is 3.84. The van der Waals surface area contributed by atoms with Crippen LogP contribution in [0.5, 0.6) is 0 Å². The molecule has 1 fully saturated rings. The molecule has 1 aromatic carbocycles. The van der Waals surface area contributed by atoms with Gasteiger partial charge in [0.25, 0.3) is 5.89 Å². The Morgan fingerprint density at radius 2 is 2.14 bits per heavy atom. The van der Waals surface area contributed by atoms with Gasteiger partial charge in [-0.1, -0.05) is 22.8 Å². The van der Waals surface area contributed by atoms with Crippen molar-refractivity contribution in [3.63, 3.8) is 0 Å². The number of aromatic nitrogens is 2. The zero-order valence-electron chi connectivity index (χ0n) is 12.1. The third kappa shape index (κ3) is 2.74. The molecule has 2 aromatic rings. The number of piperazine rings is 1. The summed E-state index contributed by atoms with van der Waals surface area (Å²) in [7, 11) is 4.16. The molecule has 2 heterocycles. The standard InChI is InChI=1S/C14H18ClN5O/c1-19-6-7-20(2)11(8-19)13-17-14(21-18-13)12-9(15)4-3-5-10(12)16/h3-5,11H,6-8,16H2,1-2H3. The molecule has 6 nitrogen and oxygen atoms in total. The van der Waals surface area contributed by atoms with E-state index in [1.165, 1.54) is 0 Å². The second kappa shape index (κ2) is 5.63. The van der Waals surface area contributed by atoms with Gasteiger partial charge in [0.05, 0.1) is 16.6 Å². The van der Waals surface area contributed by atoms with Gasteiger partial charge in [-0.2, -0.15) is 4.98 Å². The van der Waals surface area contributed by atoms with Crippen LogP contribution in [0.15, 0.2) is 22.7 Å². The van der Waals surface area contributed by atoms with E-state index in [1.807, 2.05) is 0 Å². The van der Waals surface area contributed by atoms with E-state index in [0.717, 1.165) is 19.6 Å². The number of nitrogens with zero attached hydrogens (tertiary/aromatic N) is 4. The van der Waals surface area contributed by atoms with Gasteiger partial charge in [-0.3, -0.25) is 4.90 Å². The molecule has 0 spiro atoms. The molecular formula is C14H18ClN5O. The molecule has 112 valence electrons. The predicted octanol–water partition coefficient (Wildman–Crippen LogP) is 1.89. The van der Waals surface area contributed by atoms with Gasteiger partial charge in [0, 0.05) is 25.3 Å². The van der Waals surface area contributed by atoms with E-state index in [9.17, 15) is 0 Å². The number of halogens is 1. The topological polar surface area (TPSA) is 71.4 Å². The minimum Gasteiger partial charge on any atom is -0.398 e. The molecule has 1 aromatic heterocycles. The van der Waals surface area contributed by atoms with Crippen LogP contribution in [0.1, 0.15) is 11.9 Å². The molecule has 1 atom stereocenters. The zero-order chi connectivity index (χ0) is 15.0. The molecule has 3 rings (SSSR count). The van der Waals surface area contributed by atoms with Crippen molar-refractivity contribution < 1.29 is 4.52 Å². The Morgan fingerprint density at radius 3 is 2.90 bits per heavy atom. The Labute approximate surface area is 128 Å². The van der Waals surface area contributed by atoms with Crippen molar-refractivity contribution in [1.29, 1.82) is 0 Å². The van der Waals surface area contributed by atoms with Crippen molar-refractivity contribution in [2.24, 2.45) is 0 Å². The van der Waals surface area contributed by atoms with Crippen molar-refractivity contribution in [1.82, 2.24) is 19.9 Å². The number of hydrogen-bond donors (Lipinski definition) is 1. The molecule has 0 amide bonds. The van der Waals surface area contributed by atoms with Crippen molar-refractivity contribution >= 4 is 17.3 Å². The van der Waals surface area contributed by atoms with E-state index in [1.54, 1.807) is 18.2 Å². The summed E-state index contributed by atoms with van der Waals surface area (Å²) in [5.74, 6) is 1.04. The molecule has 0 aliphatic carbocycles. The van der Waals surface area contributed by atoms with Crippen LogP contribution in [-0.4, -0.2) is 53.7 Å². The minimum atomic E-state index is 0.116. The molecule has 1 aliphatic rings. The number of hydrogen-bond acceptors (Lipinski definition) is 6. The summed E-state index contributed by atoms with van der Waals surface area (Å²) in [6, 6.07) is 5.44. The van der Waals surface area contributed by atoms with Gasteiger partial charge >= 0.3 is 0 Å². The number of nitrogens with two attached hydrogens (primary N) is 1. The highest BCUT2D eigenvalue weighted by Crippen LogP contribution is 2.33. The monoisotopic (exact) mass is 307 g/mol. The maximum absolute atomic E-state index is 6.18. The van der Waals surface area contributed by atoms with Crippen LogP contribution in [0, 0.1) is 0 Å². The van der Waals surface area contributed by atoms with Gasteiger partial charge in [-0.05, 0) is 26.2 Å². The average molecular weight is 308 g/mol. The van der Waals surface area contributed by atoms with Gasteiger partial charge in [-0.25, -0.2) is 0 Å². The fraction of sp³-hybridized carbons (Fsp3) is 0.429. The quantitative estimate of drug-likeness (QED) is 0.854. The molecule has 0 bridgehead atoms. The summed E-state index contributed by atoms with van der Waals surface area (Å²) in [6.07, 6.45) is 0. The highest BCUT2D eigenvalue weighted by atomic mass is 35.5. The second-order valence-corrected chi connectivity index (χ2v) is 5.83. The van der Waals surface area contributed by atoms with E-state index >= 15 is 0 Å². The first kappa shape index (κ1) is 14.3. The smallest absolute Gasteiger partial charge is 0.261 e. The van der Waals surface area contributed by atoms with Crippen LogP contribution in [0.3, 0.4) is 0 Å². The summed E-state index contributed by atoms with van der Waals surface area (Å²) in [4.78, 5) is 8.98. The van der Waals surface area contributed by atoms with Gasteiger partial charge < -0.3 is 15.2 Å². The molecule has 2 N–H and O–H groups in total. The van der Waals surface area contributed by atoms with Crippen molar-refractivity contribution in [2.45, 2.75) is 6.04 Å². The van der Waals surface area contributed by atoms with Crippen molar-refractivity contribution in [3.05, 3.63) is 29.0 Å². The second-order valence-electron chi connectivity index (χ2n) is 5.42. The maximum Gasteiger partial charge on any atom is 0.261 e. The summed E-state index contributed by atoms with van der Waals surface area (Å²) in [6.45, 7) is 2.88. The fourth-order valence-corrected chi connectivity index (χ4v) is 2.79. The van der Waals surface area contributed by atoms with Gasteiger partial charge in [0.1, 0.15) is 0 Å². The molecule has 1 unspecified atom stereocenters. The third-order valence-corrected chi connectivity index (χ3v) is 4.17. The van der Waals surface area contributed by atoms with Crippen LogP contribution in [0.25, 0.3) is 11.5 Å². The molecule has 1 saturated heterocycles. The van der Waals surface area contributed by atoms with E-state index in [4.69, 9.17) is 21.9 Å². The van der Waals surface area contributed by atoms with Crippen LogP contribution in [0.4, 0.5) is 5.69 Å². The molecule has 1 aliphatic heterocycles. The zero-order valence-corrected chi connectivity index (χ0v) is 12.8. The van der Waals surface area contributed by atoms with E-state index in [2.05, 4.69) is 34.0 Å². The number of benzene rings is 1. The molecule has 7 heteroatoms. The highest BCUT2D eigenvalue weighted by molar-refractivity contribution is 6.33. The summed E-state index contributed by atoms with van der Waals surface area (Å²) < 4.78 is 5.38. The average Bonchev–Trinajstić information content (AvgIpc) is 2.90. The maximum atomic E-state index is 6.18. The number of rotatable bonds is 2. The fourth-order valence-electron chi connectivity index (χ4n) is 2.53. The Morgan fingerprint density at radius 1 is 1.33 bits per heavy atom. The Hall–Kier alpha value is -1.63. The van der Waals surface area contributed by atoms with Crippen LogP contribution in [-0.2, 0) is 0 Å². The lowest BCUT2D eigenvalue weighted by atomic mass is 10.1. The van der Waals surface area contributed by atoms with Crippen molar-refractivity contribution in [3.8, 4) is 11.5 Å². The van der Waals surface area contributed by atoms with Gasteiger partial charge in [0.2, 0.25) is 0 Å². The lowest BCUT2D eigenvalue weighted by molar-refractivity contribution is 0.108. The Bertz CT molecular complexity index is 624. The largest absolute Gasteiger partial charge is 0.398 e. The molecule has 21 heavy (non-hydrogen) atoms. The minimum absolute atomic E-state index is 0.116. The number of nitrogen functional groups attached to an aromatic ring is 1. The SMILES string of the molecule is CN1CCN(C)C(c2noc(-c3c(N)cccc3Cl)n2)C1. The Balaban J connectivity index is 1.93.